The molecule has 3 rings (SSSR count). The summed E-state index contributed by atoms with van der Waals surface area (Å²) in [4.78, 5) is 16.8. The van der Waals surface area contributed by atoms with Crippen molar-refractivity contribution in [3.05, 3.63) is 54.3 Å². The number of anilines is 1. The van der Waals surface area contributed by atoms with Gasteiger partial charge < -0.3 is 9.84 Å². The molecule has 1 atom stereocenters. The fourth-order valence-corrected chi connectivity index (χ4v) is 3.27. The molecule has 130 valence electrons. The Morgan fingerprint density at radius 3 is 2.96 bits per heavy atom. The molecule has 6 nitrogen and oxygen atoms in total. The molecule has 3 aromatic rings. The largest absolute Gasteiger partial charge is 0.360 e. The maximum atomic E-state index is 13.5. The van der Waals surface area contributed by atoms with Gasteiger partial charge in [-0.05, 0) is 31.5 Å². The van der Waals surface area contributed by atoms with Crippen molar-refractivity contribution in [3.8, 4) is 5.69 Å². The maximum absolute atomic E-state index is 13.5. The van der Waals surface area contributed by atoms with Crippen LogP contribution in [0.25, 0.3) is 5.69 Å². The average molecular weight is 360 g/mol. The third kappa shape index (κ3) is 4.08. The van der Waals surface area contributed by atoms with Gasteiger partial charge in [0, 0.05) is 18.5 Å². The molecule has 0 radical (unpaired) electrons. The lowest BCUT2D eigenvalue weighted by Gasteiger charge is -2.14. The molecule has 2 heterocycles. The van der Waals surface area contributed by atoms with Crippen LogP contribution in [0.1, 0.15) is 19.1 Å². The van der Waals surface area contributed by atoms with E-state index in [0.717, 1.165) is 0 Å². The van der Waals surface area contributed by atoms with Crippen LogP contribution in [-0.2, 0) is 4.79 Å². The number of carbonyl (C=O) groups excluding carboxylic acids is 1. The molecule has 0 aliphatic rings. The standard InChI is InChI=1S/C17H17FN4O2S/c1-3-14(16(23)20-15-9-11(2)24-21-15)25-17-19-7-8-22(17)13-6-4-5-12(18)10-13/h4-10,14H,3H2,1-2H3,(H,20,21,23). The molecule has 0 saturated heterocycles. The third-order valence-electron chi connectivity index (χ3n) is 3.48. The van der Waals surface area contributed by atoms with Crippen LogP contribution in [0.15, 0.2) is 52.4 Å². The van der Waals surface area contributed by atoms with Gasteiger partial charge in [-0.2, -0.15) is 0 Å². The number of halogens is 1. The van der Waals surface area contributed by atoms with Crippen LogP contribution >= 0.6 is 11.8 Å². The number of hydrogen-bond acceptors (Lipinski definition) is 5. The number of aromatic nitrogens is 3. The van der Waals surface area contributed by atoms with E-state index in [1.165, 1.54) is 23.9 Å². The molecular weight excluding hydrogens is 343 g/mol. The van der Waals surface area contributed by atoms with Gasteiger partial charge in [-0.15, -0.1) is 0 Å². The Hall–Kier alpha value is -2.61. The van der Waals surface area contributed by atoms with Crippen molar-refractivity contribution in [2.24, 2.45) is 0 Å². The summed E-state index contributed by atoms with van der Waals surface area (Å²) in [5.41, 5.74) is 0.655. The number of thioether (sulfide) groups is 1. The lowest BCUT2D eigenvalue weighted by atomic mass is 10.3. The summed E-state index contributed by atoms with van der Waals surface area (Å²) < 4.78 is 20.2. The first-order valence-electron chi connectivity index (χ1n) is 7.77. The van der Waals surface area contributed by atoms with Crippen LogP contribution in [0.4, 0.5) is 10.2 Å². The normalized spacial score (nSPS) is 12.1. The lowest BCUT2D eigenvalue weighted by molar-refractivity contribution is -0.115. The molecule has 1 aromatic carbocycles. The topological polar surface area (TPSA) is 73.0 Å². The monoisotopic (exact) mass is 360 g/mol. The van der Waals surface area contributed by atoms with E-state index in [-0.39, 0.29) is 17.0 Å². The zero-order valence-corrected chi connectivity index (χ0v) is 14.6. The van der Waals surface area contributed by atoms with Crippen LogP contribution in [0.2, 0.25) is 0 Å². The Kier molecular flexibility index (Phi) is 5.18. The highest BCUT2D eigenvalue weighted by atomic mass is 32.2. The minimum absolute atomic E-state index is 0.186. The van der Waals surface area contributed by atoms with E-state index >= 15 is 0 Å². The third-order valence-corrected chi connectivity index (χ3v) is 4.83. The van der Waals surface area contributed by atoms with Gasteiger partial charge in [0.2, 0.25) is 5.91 Å². The molecule has 1 N–H and O–H groups in total. The number of nitrogens with one attached hydrogen (secondary N) is 1. The molecule has 0 fully saturated rings. The van der Waals surface area contributed by atoms with Crippen LogP contribution < -0.4 is 5.32 Å². The van der Waals surface area contributed by atoms with Gasteiger partial charge in [0.1, 0.15) is 11.6 Å². The van der Waals surface area contributed by atoms with Crippen LogP contribution in [-0.4, -0.2) is 25.9 Å². The van der Waals surface area contributed by atoms with E-state index in [1.807, 2.05) is 6.92 Å². The second kappa shape index (κ2) is 7.52. The summed E-state index contributed by atoms with van der Waals surface area (Å²) in [5.74, 6) is 0.496. The number of aryl methyl sites for hydroxylation is 1. The first-order chi connectivity index (χ1) is 12.1. The van der Waals surface area contributed by atoms with Gasteiger partial charge in [-0.3, -0.25) is 9.36 Å². The number of benzene rings is 1. The number of rotatable bonds is 6. The summed E-state index contributed by atoms with van der Waals surface area (Å²) >= 11 is 1.32. The Morgan fingerprint density at radius 2 is 2.28 bits per heavy atom. The molecule has 1 amide bonds. The zero-order chi connectivity index (χ0) is 17.8. The highest BCUT2D eigenvalue weighted by molar-refractivity contribution is 8.00. The van der Waals surface area contributed by atoms with E-state index in [1.54, 1.807) is 42.1 Å². The van der Waals surface area contributed by atoms with Crippen molar-refractivity contribution in [1.29, 1.82) is 0 Å². The second-order valence-electron chi connectivity index (χ2n) is 5.39. The van der Waals surface area contributed by atoms with Gasteiger partial charge in [0.05, 0.1) is 10.9 Å². The van der Waals surface area contributed by atoms with Crippen molar-refractivity contribution >= 4 is 23.5 Å². The molecule has 2 aromatic heterocycles. The van der Waals surface area contributed by atoms with E-state index in [0.29, 0.717) is 28.8 Å². The number of imidazole rings is 1. The van der Waals surface area contributed by atoms with Crippen molar-refractivity contribution < 1.29 is 13.7 Å². The van der Waals surface area contributed by atoms with E-state index in [9.17, 15) is 9.18 Å². The molecule has 25 heavy (non-hydrogen) atoms. The minimum Gasteiger partial charge on any atom is -0.360 e. The predicted molar refractivity (Wildman–Crippen MR) is 93.3 cm³/mol. The van der Waals surface area contributed by atoms with Crippen molar-refractivity contribution in [2.45, 2.75) is 30.7 Å². The van der Waals surface area contributed by atoms with Crippen LogP contribution in [0.3, 0.4) is 0 Å². The van der Waals surface area contributed by atoms with Gasteiger partial charge in [0.25, 0.3) is 0 Å². The zero-order valence-electron chi connectivity index (χ0n) is 13.8. The second-order valence-corrected chi connectivity index (χ2v) is 6.56. The fraction of sp³-hybridized carbons (Fsp3) is 0.235. The number of hydrogen-bond donors (Lipinski definition) is 1. The van der Waals surface area contributed by atoms with Crippen molar-refractivity contribution in [3.63, 3.8) is 0 Å². The minimum atomic E-state index is -0.369. The molecule has 1 unspecified atom stereocenters. The first-order valence-corrected chi connectivity index (χ1v) is 8.65. The van der Waals surface area contributed by atoms with Crippen LogP contribution in [0.5, 0.6) is 0 Å². The lowest BCUT2D eigenvalue weighted by Crippen LogP contribution is -2.25. The summed E-state index contributed by atoms with van der Waals surface area (Å²) in [6, 6.07) is 7.88. The molecule has 0 saturated carbocycles. The molecule has 8 heteroatoms. The smallest absolute Gasteiger partial charge is 0.239 e. The molecule has 0 aliphatic heterocycles. The Labute approximate surface area is 148 Å². The number of nitrogens with zero attached hydrogens (tertiary/aromatic N) is 3. The van der Waals surface area contributed by atoms with Gasteiger partial charge in [-0.25, -0.2) is 9.37 Å². The summed E-state index contributed by atoms with van der Waals surface area (Å²) in [6.45, 7) is 3.67. The quantitative estimate of drug-likeness (QED) is 0.677. The van der Waals surface area contributed by atoms with E-state index < -0.39 is 0 Å². The Bertz CT molecular complexity index is 877. The van der Waals surface area contributed by atoms with Crippen molar-refractivity contribution in [1.82, 2.24) is 14.7 Å². The molecule has 0 aliphatic carbocycles. The SMILES string of the molecule is CCC(Sc1nccn1-c1cccc(F)c1)C(=O)Nc1cc(C)on1. The van der Waals surface area contributed by atoms with Gasteiger partial charge in [-0.1, -0.05) is 29.9 Å². The van der Waals surface area contributed by atoms with Crippen LogP contribution in [0, 0.1) is 12.7 Å². The van der Waals surface area contributed by atoms with Crippen molar-refractivity contribution in [2.75, 3.05) is 5.32 Å². The van der Waals surface area contributed by atoms with Gasteiger partial charge >= 0.3 is 0 Å². The summed E-state index contributed by atoms with van der Waals surface area (Å²) in [5, 5.41) is 6.74. The predicted octanol–water partition coefficient (Wildman–Crippen LogP) is 3.82. The van der Waals surface area contributed by atoms with E-state index in [2.05, 4.69) is 15.5 Å². The highest BCUT2D eigenvalue weighted by Crippen LogP contribution is 2.27. The average Bonchev–Trinajstić information content (AvgIpc) is 3.21. The number of carbonyl (C=O) groups is 1. The highest BCUT2D eigenvalue weighted by Gasteiger charge is 2.22. The molecular formula is C17H17FN4O2S. The molecule has 0 bridgehead atoms. The Balaban J connectivity index is 1.76. The Morgan fingerprint density at radius 1 is 1.44 bits per heavy atom. The number of amides is 1. The summed E-state index contributed by atoms with van der Waals surface area (Å²) in [6.07, 6.45) is 3.96. The summed E-state index contributed by atoms with van der Waals surface area (Å²) in [7, 11) is 0. The van der Waals surface area contributed by atoms with Gasteiger partial charge in [0.15, 0.2) is 11.0 Å². The first kappa shape index (κ1) is 17.2. The van der Waals surface area contributed by atoms with E-state index in [4.69, 9.17) is 4.52 Å². The maximum Gasteiger partial charge on any atom is 0.239 e. The fourth-order valence-electron chi connectivity index (χ4n) is 2.28. The molecule has 0 spiro atoms.